The van der Waals surface area contributed by atoms with Crippen LogP contribution in [0.2, 0.25) is 5.02 Å². The Balaban J connectivity index is 1.80. The third-order valence-corrected chi connectivity index (χ3v) is 4.36. The molecule has 1 aliphatic heterocycles. The van der Waals surface area contributed by atoms with Crippen LogP contribution in [-0.2, 0) is 20.7 Å². The lowest BCUT2D eigenvalue weighted by Crippen LogP contribution is -2.18. The third kappa shape index (κ3) is 4.78. The Morgan fingerprint density at radius 3 is 2.21 bits per heavy atom. The Labute approximate surface area is 171 Å². The second-order valence-corrected chi connectivity index (χ2v) is 6.52. The number of hydrogen-bond donors (Lipinski definition) is 1. The number of nitrogens with one attached hydrogen (secondary N) is 1. The minimum Gasteiger partial charge on any atom is -0.486 e. The van der Waals surface area contributed by atoms with Gasteiger partial charge in [-0.1, -0.05) is 11.6 Å². The first-order valence-electron chi connectivity index (χ1n) is 8.61. The number of benzene rings is 2. The summed E-state index contributed by atoms with van der Waals surface area (Å²) in [7, 11) is 2.44. The summed E-state index contributed by atoms with van der Waals surface area (Å²) in [5.74, 6) is -0.742. The van der Waals surface area contributed by atoms with E-state index in [1.165, 1.54) is 32.4 Å². The number of hydrogen-bond acceptors (Lipinski definition) is 7. The summed E-state index contributed by atoms with van der Waals surface area (Å²) in [5.41, 5.74) is 1.08. The maximum Gasteiger partial charge on any atom is 0.337 e. The maximum atomic E-state index is 12.5. The SMILES string of the molecule is COC(=O)c1cc(NC(=O)Cc2cc(Cl)c3c(c2)OCCO3)cc(C(=O)OC)c1. The lowest BCUT2D eigenvalue weighted by atomic mass is 10.1. The van der Waals surface area contributed by atoms with Crippen molar-refractivity contribution < 1.29 is 33.3 Å². The zero-order chi connectivity index (χ0) is 21.0. The van der Waals surface area contributed by atoms with Crippen molar-refractivity contribution in [3.63, 3.8) is 0 Å². The topological polar surface area (TPSA) is 100 Å². The molecule has 29 heavy (non-hydrogen) atoms. The molecular weight excluding hydrogens is 402 g/mol. The van der Waals surface area contributed by atoms with Crippen molar-refractivity contribution in [2.45, 2.75) is 6.42 Å². The molecule has 9 heteroatoms. The van der Waals surface area contributed by atoms with Gasteiger partial charge >= 0.3 is 11.9 Å². The molecule has 0 bridgehead atoms. The molecule has 3 rings (SSSR count). The van der Waals surface area contributed by atoms with Crippen LogP contribution >= 0.6 is 11.6 Å². The van der Waals surface area contributed by atoms with Crippen molar-refractivity contribution in [2.24, 2.45) is 0 Å². The maximum absolute atomic E-state index is 12.5. The fraction of sp³-hybridized carbons (Fsp3) is 0.250. The fourth-order valence-electron chi connectivity index (χ4n) is 2.83. The molecule has 0 fully saturated rings. The van der Waals surface area contributed by atoms with Gasteiger partial charge in [0.1, 0.15) is 13.2 Å². The minimum atomic E-state index is -0.648. The van der Waals surface area contributed by atoms with Gasteiger partial charge < -0.3 is 24.3 Å². The summed E-state index contributed by atoms with van der Waals surface area (Å²) in [4.78, 5) is 36.2. The van der Waals surface area contributed by atoms with Crippen LogP contribution in [0.15, 0.2) is 30.3 Å². The molecule has 2 aromatic rings. The zero-order valence-electron chi connectivity index (χ0n) is 15.7. The molecule has 0 saturated heterocycles. The van der Waals surface area contributed by atoms with Gasteiger partial charge in [0.25, 0.3) is 0 Å². The number of carbonyl (C=O) groups is 3. The molecule has 1 N–H and O–H groups in total. The van der Waals surface area contributed by atoms with Crippen molar-refractivity contribution in [1.82, 2.24) is 0 Å². The van der Waals surface area contributed by atoms with Gasteiger partial charge in [0, 0.05) is 5.69 Å². The molecule has 2 aromatic carbocycles. The molecule has 0 saturated carbocycles. The van der Waals surface area contributed by atoms with E-state index in [1.807, 2.05) is 0 Å². The van der Waals surface area contributed by atoms with Gasteiger partial charge in [-0.3, -0.25) is 4.79 Å². The highest BCUT2D eigenvalue weighted by atomic mass is 35.5. The third-order valence-electron chi connectivity index (χ3n) is 4.08. The summed E-state index contributed by atoms with van der Waals surface area (Å²) in [6.07, 6.45) is -0.00757. The quantitative estimate of drug-likeness (QED) is 0.743. The van der Waals surface area contributed by atoms with Crippen LogP contribution in [0.25, 0.3) is 0 Å². The lowest BCUT2D eigenvalue weighted by Gasteiger charge is -2.20. The molecule has 0 aromatic heterocycles. The molecular formula is C20H18ClNO7. The van der Waals surface area contributed by atoms with Gasteiger partial charge in [-0.2, -0.15) is 0 Å². The highest BCUT2D eigenvalue weighted by Crippen LogP contribution is 2.38. The summed E-state index contributed by atoms with van der Waals surface area (Å²) in [5, 5.41) is 3.01. The van der Waals surface area contributed by atoms with Crippen molar-refractivity contribution in [1.29, 1.82) is 0 Å². The standard InChI is InChI=1S/C20H18ClNO7/c1-26-19(24)12-8-13(20(25)27-2)10-14(9-12)22-17(23)7-11-5-15(21)18-16(6-11)28-3-4-29-18/h5-6,8-10H,3-4,7H2,1-2H3,(H,22,23). The summed E-state index contributed by atoms with van der Waals surface area (Å²) in [6, 6.07) is 7.46. The van der Waals surface area contributed by atoms with Crippen LogP contribution in [0, 0.1) is 0 Å². The van der Waals surface area contributed by atoms with E-state index in [1.54, 1.807) is 12.1 Å². The van der Waals surface area contributed by atoms with Gasteiger partial charge in [-0.15, -0.1) is 0 Å². The Hall–Kier alpha value is -3.26. The summed E-state index contributed by atoms with van der Waals surface area (Å²) in [6.45, 7) is 0.807. The van der Waals surface area contributed by atoms with E-state index >= 15 is 0 Å². The van der Waals surface area contributed by atoms with Crippen molar-refractivity contribution >= 4 is 35.1 Å². The van der Waals surface area contributed by atoms with Crippen LogP contribution in [-0.4, -0.2) is 45.3 Å². The molecule has 0 spiro atoms. The van der Waals surface area contributed by atoms with Gasteiger partial charge in [-0.05, 0) is 35.9 Å². The van der Waals surface area contributed by atoms with E-state index in [4.69, 9.17) is 21.1 Å². The number of halogens is 1. The normalized spacial score (nSPS) is 12.1. The minimum absolute atomic E-state index is 0.00757. The largest absolute Gasteiger partial charge is 0.486 e. The van der Waals surface area contributed by atoms with Crippen LogP contribution in [0.4, 0.5) is 5.69 Å². The Bertz CT molecular complexity index is 939. The second-order valence-electron chi connectivity index (χ2n) is 6.11. The fourth-order valence-corrected chi connectivity index (χ4v) is 3.12. The van der Waals surface area contributed by atoms with Crippen LogP contribution < -0.4 is 14.8 Å². The first-order valence-corrected chi connectivity index (χ1v) is 8.98. The van der Waals surface area contributed by atoms with Crippen molar-refractivity contribution in [2.75, 3.05) is 32.8 Å². The van der Waals surface area contributed by atoms with E-state index in [9.17, 15) is 14.4 Å². The number of carbonyl (C=O) groups excluding carboxylic acids is 3. The molecule has 8 nitrogen and oxygen atoms in total. The molecule has 1 aliphatic rings. The number of amides is 1. The molecule has 1 amide bonds. The first kappa shape index (κ1) is 20.5. The number of fused-ring (bicyclic) bond motifs is 1. The van der Waals surface area contributed by atoms with Crippen molar-refractivity contribution in [3.8, 4) is 11.5 Å². The summed E-state index contributed by atoms with van der Waals surface area (Å²) < 4.78 is 20.3. The Morgan fingerprint density at radius 2 is 1.59 bits per heavy atom. The number of esters is 2. The van der Waals surface area contributed by atoms with E-state index in [0.29, 0.717) is 35.3 Å². The predicted octanol–water partition coefficient (Wildman–Crippen LogP) is 2.87. The number of rotatable bonds is 5. The molecule has 152 valence electrons. The van der Waals surface area contributed by atoms with Crippen LogP contribution in [0.1, 0.15) is 26.3 Å². The smallest absolute Gasteiger partial charge is 0.337 e. The van der Waals surface area contributed by atoms with Gasteiger partial charge in [-0.25, -0.2) is 9.59 Å². The highest BCUT2D eigenvalue weighted by Gasteiger charge is 2.19. The van der Waals surface area contributed by atoms with E-state index < -0.39 is 11.9 Å². The molecule has 0 aliphatic carbocycles. The average molecular weight is 420 g/mol. The second kappa shape index (κ2) is 8.83. The zero-order valence-corrected chi connectivity index (χ0v) is 16.5. The Kier molecular flexibility index (Phi) is 6.23. The van der Waals surface area contributed by atoms with Crippen molar-refractivity contribution in [3.05, 3.63) is 52.0 Å². The molecule has 0 radical (unpaired) electrons. The molecule has 1 heterocycles. The Morgan fingerprint density at radius 1 is 0.966 bits per heavy atom. The number of anilines is 1. The predicted molar refractivity (Wildman–Crippen MR) is 104 cm³/mol. The summed E-state index contributed by atoms with van der Waals surface area (Å²) >= 11 is 6.19. The van der Waals surface area contributed by atoms with E-state index in [2.05, 4.69) is 14.8 Å². The van der Waals surface area contributed by atoms with Gasteiger partial charge in [0.05, 0.1) is 36.8 Å². The van der Waals surface area contributed by atoms with Crippen LogP contribution in [0.3, 0.4) is 0 Å². The monoisotopic (exact) mass is 419 g/mol. The number of ether oxygens (including phenoxy) is 4. The lowest BCUT2D eigenvalue weighted by molar-refractivity contribution is -0.115. The highest BCUT2D eigenvalue weighted by molar-refractivity contribution is 6.32. The molecule has 0 unspecified atom stereocenters. The van der Waals surface area contributed by atoms with E-state index in [-0.39, 0.29) is 29.1 Å². The first-order chi connectivity index (χ1) is 13.9. The average Bonchev–Trinajstić information content (AvgIpc) is 2.72. The molecule has 0 atom stereocenters. The number of methoxy groups -OCH3 is 2. The van der Waals surface area contributed by atoms with Gasteiger partial charge in [0.15, 0.2) is 11.5 Å². The van der Waals surface area contributed by atoms with E-state index in [0.717, 1.165) is 0 Å². The van der Waals surface area contributed by atoms with Gasteiger partial charge in [0.2, 0.25) is 5.91 Å². The van der Waals surface area contributed by atoms with Crippen LogP contribution in [0.5, 0.6) is 11.5 Å².